The van der Waals surface area contributed by atoms with Crippen molar-refractivity contribution in [1.82, 2.24) is 15.2 Å². The highest BCUT2D eigenvalue weighted by atomic mass is 32.2. The van der Waals surface area contributed by atoms with Crippen molar-refractivity contribution in [2.45, 2.75) is 24.8 Å². The summed E-state index contributed by atoms with van der Waals surface area (Å²) in [6.45, 7) is 1.09. The molecule has 1 aromatic heterocycles. The Bertz CT molecular complexity index is 1180. The number of carboxylic acid groups (broad SMARTS) is 2. The molecule has 178 valence electrons. The first-order chi connectivity index (χ1) is 16.2. The maximum Gasteiger partial charge on any atom is 0.352 e. The van der Waals surface area contributed by atoms with Crippen LogP contribution < -0.4 is 11.1 Å². The molecular formula is C20H19N5O7S2. The number of anilines is 1. The summed E-state index contributed by atoms with van der Waals surface area (Å²) in [7, 11) is 0. The SMILES string of the molecule is CCC#C/C=C/C1=C(C(=O)O)N2C(=O)[C@@H](NC(=O)/C(=N\OCC(=O)O)c3csc(N)n3)[C@H]2SC1. The normalized spacial score (nSPS) is 19.7. The number of hydrogen-bond acceptors (Lipinski definition) is 10. The van der Waals surface area contributed by atoms with E-state index in [0.29, 0.717) is 12.0 Å². The number of carbonyl (C=O) groups is 4. The number of hydrogen-bond donors (Lipinski definition) is 4. The van der Waals surface area contributed by atoms with Gasteiger partial charge in [-0.3, -0.25) is 14.5 Å². The minimum Gasteiger partial charge on any atom is -0.479 e. The number of carboxylic acids is 2. The monoisotopic (exact) mass is 505 g/mol. The van der Waals surface area contributed by atoms with E-state index in [4.69, 9.17) is 10.8 Å². The Kier molecular flexibility index (Phi) is 7.92. The molecule has 5 N–H and O–H groups in total. The Labute approximate surface area is 201 Å². The highest BCUT2D eigenvalue weighted by Gasteiger charge is 2.54. The van der Waals surface area contributed by atoms with Gasteiger partial charge in [0, 0.05) is 17.6 Å². The van der Waals surface area contributed by atoms with Gasteiger partial charge < -0.3 is 26.1 Å². The second kappa shape index (κ2) is 10.9. The maximum atomic E-state index is 12.9. The van der Waals surface area contributed by atoms with Crippen molar-refractivity contribution in [3.8, 4) is 11.8 Å². The predicted octanol–water partition coefficient (Wildman–Crippen LogP) is 0.239. The van der Waals surface area contributed by atoms with Crippen molar-refractivity contribution in [2.75, 3.05) is 18.1 Å². The van der Waals surface area contributed by atoms with E-state index in [9.17, 15) is 24.3 Å². The number of β-lactam (4-membered cyclic amide) rings is 1. The van der Waals surface area contributed by atoms with Gasteiger partial charge in [-0.1, -0.05) is 23.9 Å². The van der Waals surface area contributed by atoms with Crippen molar-refractivity contribution in [1.29, 1.82) is 0 Å². The molecule has 0 unspecified atom stereocenters. The van der Waals surface area contributed by atoms with Crippen LogP contribution in [0.3, 0.4) is 0 Å². The van der Waals surface area contributed by atoms with Gasteiger partial charge in [-0.05, 0) is 17.7 Å². The van der Waals surface area contributed by atoms with Crippen LogP contribution in [0.5, 0.6) is 0 Å². The fourth-order valence-electron chi connectivity index (χ4n) is 3.04. The van der Waals surface area contributed by atoms with E-state index in [-0.39, 0.29) is 28.0 Å². The van der Waals surface area contributed by atoms with E-state index in [1.165, 1.54) is 23.2 Å². The number of thioether (sulfide) groups is 1. The van der Waals surface area contributed by atoms with Crippen LogP contribution in [0.15, 0.2) is 34.0 Å². The second-order valence-electron chi connectivity index (χ2n) is 6.73. The van der Waals surface area contributed by atoms with Crippen LogP contribution in [0.25, 0.3) is 0 Å². The molecule has 0 aromatic carbocycles. The molecule has 3 rings (SSSR count). The van der Waals surface area contributed by atoms with E-state index in [0.717, 1.165) is 16.2 Å². The van der Waals surface area contributed by atoms with Crippen LogP contribution in [-0.4, -0.2) is 73.3 Å². The zero-order valence-electron chi connectivity index (χ0n) is 17.7. The van der Waals surface area contributed by atoms with Crippen molar-refractivity contribution in [3.63, 3.8) is 0 Å². The first-order valence-corrected chi connectivity index (χ1v) is 11.7. The molecule has 1 saturated heterocycles. The van der Waals surface area contributed by atoms with Gasteiger partial charge in [0.25, 0.3) is 11.8 Å². The van der Waals surface area contributed by atoms with Gasteiger partial charge in [0.05, 0.1) is 0 Å². The summed E-state index contributed by atoms with van der Waals surface area (Å²) in [5.74, 6) is 1.88. The Morgan fingerprint density at radius 1 is 1.44 bits per heavy atom. The van der Waals surface area contributed by atoms with Crippen LogP contribution in [0, 0.1) is 11.8 Å². The number of thiazole rings is 1. The number of aliphatic carboxylic acids is 2. The molecule has 12 nitrogen and oxygen atoms in total. The number of allylic oxidation sites excluding steroid dienone is 2. The number of rotatable bonds is 8. The number of fused-ring (bicyclic) bond motifs is 1. The van der Waals surface area contributed by atoms with Gasteiger partial charge in [0.2, 0.25) is 6.61 Å². The average Bonchev–Trinajstić information content (AvgIpc) is 3.22. The molecule has 0 saturated carbocycles. The van der Waals surface area contributed by atoms with E-state index in [2.05, 4.69) is 32.1 Å². The number of carbonyl (C=O) groups excluding carboxylic acids is 2. The lowest BCUT2D eigenvalue weighted by molar-refractivity contribution is -0.150. The largest absolute Gasteiger partial charge is 0.479 e. The summed E-state index contributed by atoms with van der Waals surface area (Å²) >= 11 is 2.31. The molecule has 1 fully saturated rings. The lowest BCUT2D eigenvalue weighted by atomic mass is 10.0. The topological polar surface area (TPSA) is 185 Å². The molecule has 2 aliphatic rings. The van der Waals surface area contributed by atoms with Gasteiger partial charge in [-0.25, -0.2) is 14.6 Å². The Balaban J connectivity index is 1.79. The number of amides is 2. The smallest absolute Gasteiger partial charge is 0.352 e. The zero-order chi connectivity index (χ0) is 24.8. The van der Waals surface area contributed by atoms with Crippen LogP contribution in [0.1, 0.15) is 19.0 Å². The first-order valence-electron chi connectivity index (χ1n) is 9.74. The molecule has 1 aromatic rings. The van der Waals surface area contributed by atoms with E-state index >= 15 is 0 Å². The summed E-state index contributed by atoms with van der Waals surface area (Å²) < 4.78 is 0. The van der Waals surface area contributed by atoms with E-state index in [1.54, 1.807) is 6.08 Å². The molecule has 14 heteroatoms. The Morgan fingerprint density at radius 3 is 2.82 bits per heavy atom. The molecule has 2 atom stereocenters. The highest BCUT2D eigenvalue weighted by Crippen LogP contribution is 2.40. The van der Waals surface area contributed by atoms with Gasteiger partial charge in [-0.15, -0.1) is 23.1 Å². The summed E-state index contributed by atoms with van der Waals surface area (Å²) in [6.07, 6.45) is 3.75. The zero-order valence-corrected chi connectivity index (χ0v) is 19.3. The third kappa shape index (κ3) is 5.38. The van der Waals surface area contributed by atoms with Crippen LogP contribution in [-0.2, 0) is 24.0 Å². The molecule has 3 heterocycles. The standard InChI is InChI=1S/C20H19N5O7S2/c1-2-3-4-5-6-10-8-33-18-14(17(29)25(18)15(10)19(30)31)23-16(28)13(24-32-7-12(26)27)11-9-34-20(21)22-11/h5-6,9,14,18H,2,7-8H2,1H3,(H2,21,22)(H,23,28)(H,26,27)(H,30,31)/b6-5+,24-13-/t14-,18-/m1/s1. The summed E-state index contributed by atoms with van der Waals surface area (Å²) in [6, 6.07) is -1.03. The fraction of sp³-hybridized carbons (Fsp3) is 0.300. The van der Waals surface area contributed by atoms with Crippen LogP contribution >= 0.6 is 23.1 Å². The molecule has 34 heavy (non-hydrogen) atoms. The van der Waals surface area contributed by atoms with Gasteiger partial charge in [0.1, 0.15) is 22.8 Å². The predicted molar refractivity (Wildman–Crippen MR) is 124 cm³/mol. The van der Waals surface area contributed by atoms with Crippen LogP contribution in [0.4, 0.5) is 5.13 Å². The van der Waals surface area contributed by atoms with Crippen molar-refractivity contribution < 1.29 is 34.2 Å². The summed E-state index contributed by atoms with van der Waals surface area (Å²) in [4.78, 5) is 57.9. The molecule has 0 aliphatic carbocycles. The molecule has 0 spiro atoms. The lowest BCUT2D eigenvalue weighted by Crippen LogP contribution is -2.71. The number of nitrogens with zero attached hydrogens (tertiary/aromatic N) is 3. The van der Waals surface area contributed by atoms with Gasteiger partial charge >= 0.3 is 11.9 Å². The molecule has 2 amide bonds. The highest BCUT2D eigenvalue weighted by molar-refractivity contribution is 8.00. The third-order valence-corrected chi connectivity index (χ3v) is 6.43. The number of aromatic nitrogens is 1. The van der Waals surface area contributed by atoms with E-state index in [1.807, 2.05) is 6.92 Å². The number of nitrogens with two attached hydrogens (primary N) is 1. The number of nitrogens with one attached hydrogen (secondary N) is 1. The van der Waals surface area contributed by atoms with Crippen molar-refractivity contribution >= 4 is 57.7 Å². The van der Waals surface area contributed by atoms with Crippen LogP contribution in [0.2, 0.25) is 0 Å². The number of oxime groups is 1. The summed E-state index contributed by atoms with van der Waals surface area (Å²) in [5.41, 5.74) is 5.53. The maximum absolute atomic E-state index is 12.9. The average molecular weight is 506 g/mol. The fourth-order valence-corrected chi connectivity index (χ4v) is 4.90. The quantitative estimate of drug-likeness (QED) is 0.165. The van der Waals surface area contributed by atoms with Crippen molar-refractivity contribution in [3.05, 3.63) is 34.5 Å². The second-order valence-corrected chi connectivity index (χ2v) is 8.72. The van der Waals surface area contributed by atoms with Crippen molar-refractivity contribution in [2.24, 2.45) is 5.16 Å². The molecular weight excluding hydrogens is 486 g/mol. The number of nitrogen functional groups attached to an aromatic ring is 1. The van der Waals surface area contributed by atoms with E-state index < -0.39 is 41.8 Å². The Hall–Kier alpha value is -3.83. The minimum atomic E-state index is -1.30. The van der Waals surface area contributed by atoms with Gasteiger partial charge in [-0.2, -0.15) is 0 Å². The first kappa shape index (κ1) is 24.8. The van der Waals surface area contributed by atoms with Gasteiger partial charge in [0.15, 0.2) is 10.8 Å². The minimum absolute atomic E-state index is 0.0389. The molecule has 0 bridgehead atoms. The lowest BCUT2D eigenvalue weighted by Gasteiger charge is -2.49. The third-order valence-electron chi connectivity index (χ3n) is 4.46. The Morgan fingerprint density at radius 2 is 2.21 bits per heavy atom. The molecule has 2 aliphatic heterocycles. The summed E-state index contributed by atoms with van der Waals surface area (Å²) in [5, 5.41) is 25.4. The molecule has 0 radical (unpaired) electrons.